The highest BCUT2D eigenvalue weighted by Gasteiger charge is 2.37. The molecular weight excluding hydrogens is 193 g/mol. The Morgan fingerprint density at radius 1 is 1.47 bits per heavy atom. The van der Waals surface area contributed by atoms with Crippen LogP contribution in [0.5, 0.6) is 0 Å². The molecule has 0 aromatic carbocycles. The van der Waals surface area contributed by atoms with Gasteiger partial charge in [-0.1, -0.05) is 6.42 Å². The fraction of sp³-hybridized carbons (Fsp3) is 0.727. The third-order valence-corrected chi connectivity index (χ3v) is 3.48. The van der Waals surface area contributed by atoms with Crippen LogP contribution < -0.4 is 11.5 Å². The Bertz CT molecular complexity index is 300. The number of rotatable bonds is 1. The molecule has 1 aliphatic heterocycles. The van der Waals surface area contributed by atoms with E-state index < -0.39 is 11.7 Å². The average Bonchev–Trinajstić information content (AvgIpc) is 2.17. The van der Waals surface area contributed by atoms with Crippen molar-refractivity contribution in [1.82, 2.24) is 0 Å². The SMILES string of the molecule is NC1=NC=CC(N)(C2CCCC(F)C2)C1. The lowest BCUT2D eigenvalue weighted by Gasteiger charge is -2.39. The van der Waals surface area contributed by atoms with Gasteiger partial charge in [0, 0.05) is 18.2 Å². The van der Waals surface area contributed by atoms with Crippen LogP contribution in [0.4, 0.5) is 4.39 Å². The predicted octanol–water partition coefficient (Wildman–Crippen LogP) is 1.49. The van der Waals surface area contributed by atoms with E-state index in [9.17, 15) is 4.39 Å². The molecule has 0 bridgehead atoms. The van der Waals surface area contributed by atoms with E-state index in [1.54, 1.807) is 6.20 Å². The maximum absolute atomic E-state index is 13.3. The summed E-state index contributed by atoms with van der Waals surface area (Å²) >= 11 is 0. The summed E-state index contributed by atoms with van der Waals surface area (Å²) in [5.74, 6) is 0.757. The molecule has 4 heteroatoms. The van der Waals surface area contributed by atoms with E-state index in [0.717, 1.165) is 12.8 Å². The van der Waals surface area contributed by atoms with Gasteiger partial charge >= 0.3 is 0 Å². The van der Waals surface area contributed by atoms with E-state index in [0.29, 0.717) is 25.1 Å². The van der Waals surface area contributed by atoms with Gasteiger partial charge in [0.15, 0.2) is 0 Å². The van der Waals surface area contributed by atoms with Crippen LogP contribution in [0.15, 0.2) is 17.3 Å². The molecule has 0 radical (unpaired) electrons. The second-order valence-electron chi connectivity index (χ2n) is 4.69. The van der Waals surface area contributed by atoms with Crippen molar-refractivity contribution in [3.05, 3.63) is 12.3 Å². The Morgan fingerprint density at radius 3 is 2.93 bits per heavy atom. The fourth-order valence-electron chi connectivity index (χ4n) is 2.59. The van der Waals surface area contributed by atoms with Crippen LogP contribution in [0.1, 0.15) is 32.1 Å². The van der Waals surface area contributed by atoms with E-state index in [1.165, 1.54) is 0 Å². The smallest absolute Gasteiger partial charge is 0.101 e. The zero-order valence-corrected chi connectivity index (χ0v) is 8.82. The van der Waals surface area contributed by atoms with Crippen LogP contribution in [-0.2, 0) is 0 Å². The summed E-state index contributed by atoms with van der Waals surface area (Å²) in [5.41, 5.74) is 11.5. The first kappa shape index (κ1) is 10.6. The molecule has 3 atom stereocenters. The van der Waals surface area contributed by atoms with Gasteiger partial charge in [-0.05, 0) is 31.3 Å². The van der Waals surface area contributed by atoms with Crippen LogP contribution in [-0.4, -0.2) is 17.5 Å². The van der Waals surface area contributed by atoms with E-state index in [-0.39, 0.29) is 5.92 Å². The summed E-state index contributed by atoms with van der Waals surface area (Å²) in [6.45, 7) is 0. The van der Waals surface area contributed by atoms with Gasteiger partial charge in [0.2, 0.25) is 0 Å². The Kier molecular flexibility index (Phi) is 2.78. The monoisotopic (exact) mass is 211 g/mol. The van der Waals surface area contributed by atoms with Gasteiger partial charge in [-0.25, -0.2) is 9.38 Å². The van der Waals surface area contributed by atoms with E-state index in [1.807, 2.05) is 6.08 Å². The molecule has 2 aliphatic rings. The maximum atomic E-state index is 13.3. The number of halogens is 1. The van der Waals surface area contributed by atoms with Gasteiger partial charge in [-0.15, -0.1) is 0 Å². The van der Waals surface area contributed by atoms with Crippen molar-refractivity contribution >= 4 is 5.84 Å². The first-order valence-corrected chi connectivity index (χ1v) is 5.53. The Balaban J connectivity index is 2.09. The van der Waals surface area contributed by atoms with Crippen LogP contribution in [0.3, 0.4) is 0 Å². The highest BCUT2D eigenvalue weighted by atomic mass is 19.1. The van der Waals surface area contributed by atoms with Crippen molar-refractivity contribution < 1.29 is 4.39 Å². The normalized spacial score (nSPS) is 41.3. The standard InChI is InChI=1S/C11H18FN3/c12-9-3-1-2-8(6-9)11(14)4-5-15-10(13)7-11/h4-5,8-9H,1-3,6-7,14H2,(H2,13,15). The minimum atomic E-state index is -0.697. The van der Waals surface area contributed by atoms with Gasteiger partial charge < -0.3 is 11.5 Å². The molecule has 4 N–H and O–H groups in total. The number of nitrogens with two attached hydrogens (primary N) is 2. The van der Waals surface area contributed by atoms with Crippen molar-refractivity contribution in [2.75, 3.05) is 0 Å². The molecule has 0 saturated heterocycles. The molecule has 84 valence electrons. The number of amidine groups is 1. The van der Waals surface area contributed by atoms with Crippen molar-refractivity contribution in [2.45, 2.75) is 43.8 Å². The Labute approximate surface area is 89.4 Å². The molecule has 0 aromatic rings. The van der Waals surface area contributed by atoms with E-state index in [2.05, 4.69) is 4.99 Å². The third-order valence-electron chi connectivity index (χ3n) is 3.48. The minimum Gasteiger partial charge on any atom is -0.387 e. The van der Waals surface area contributed by atoms with E-state index >= 15 is 0 Å². The van der Waals surface area contributed by atoms with Gasteiger partial charge in [-0.3, -0.25) is 0 Å². The number of aliphatic imine (C=N–C) groups is 1. The fourth-order valence-corrected chi connectivity index (χ4v) is 2.59. The van der Waals surface area contributed by atoms with E-state index in [4.69, 9.17) is 11.5 Å². The Hall–Kier alpha value is -0.900. The zero-order chi connectivity index (χ0) is 10.9. The highest BCUT2D eigenvalue weighted by molar-refractivity contribution is 5.83. The molecule has 1 heterocycles. The molecule has 2 rings (SSSR count). The second-order valence-corrected chi connectivity index (χ2v) is 4.69. The lowest BCUT2D eigenvalue weighted by molar-refractivity contribution is 0.156. The summed E-state index contributed by atoms with van der Waals surface area (Å²) in [7, 11) is 0. The molecule has 3 unspecified atom stereocenters. The molecule has 1 fully saturated rings. The molecule has 3 nitrogen and oxygen atoms in total. The zero-order valence-electron chi connectivity index (χ0n) is 8.82. The topological polar surface area (TPSA) is 64.4 Å². The summed E-state index contributed by atoms with van der Waals surface area (Å²) in [6.07, 6.45) is 6.56. The molecule has 1 saturated carbocycles. The predicted molar refractivity (Wildman–Crippen MR) is 59.2 cm³/mol. The minimum absolute atomic E-state index is 0.201. The molecule has 0 amide bonds. The molecule has 0 aromatic heterocycles. The van der Waals surface area contributed by atoms with Gasteiger partial charge in [0.25, 0.3) is 0 Å². The third kappa shape index (κ3) is 2.20. The number of nitrogens with zero attached hydrogens (tertiary/aromatic N) is 1. The highest BCUT2D eigenvalue weighted by Crippen LogP contribution is 2.36. The van der Waals surface area contributed by atoms with Crippen LogP contribution in [0.25, 0.3) is 0 Å². The summed E-state index contributed by atoms with van der Waals surface area (Å²) in [5, 5.41) is 0. The van der Waals surface area contributed by atoms with Crippen molar-refractivity contribution in [3.8, 4) is 0 Å². The van der Waals surface area contributed by atoms with Crippen molar-refractivity contribution in [2.24, 2.45) is 22.4 Å². The van der Waals surface area contributed by atoms with Crippen LogP contribution in [0, 0.1) is 5.92 Å². The molecular formula is C11H18FN3. The first-order valence-electron chi connectivity index (χ1n) is 5.53. The summed E-state index contributed by atoms with van der Waals surface area (Å²) in [4.78, 5) is 3.98. The number of hydrogen-bond acceptors (Lipinski definition) is 3. The van der Waals surface area contributed by atoms with Gasteiger partial charge in [-0.2, -0.15) is 0 Å². The first-order chi connectivity index (χ1) is 7.10. The summed E-state index contributed by atoms with van der Waals surface area (Å²) in [6, 6.07) is 0. The quantitative estimate of drug-likeness (QED) is 0.690. The average molecular weight is 211 g/mol. The lowest BCUT2D eigenvalue weighted by Crippen LogP contribution is -2.51. The molecule has 0 spiro atoms. The number of hydrogen-bond donors (Lipinski definition) is 2. The van der Waals surface area contributed by atoms with Gasteiger partial charge in [0.1, 0.15) is 12.0 Å². The second kappa shape index (κ2) is 3.93. The van der Waals surface area contributed by atoms with Gasteiger partial charge in [0.05, 0.1) is 0 Å². The molecule has 1 aliphatic carbocycles. The largest absolute Gasteiger partial charge is 0.387 e. The molecule has 15 heavy (non-hydrogen) atoms. The maximum Gasteiger partial charge on any atom is 0.101 e. The van der Waals surface area contributed by atoms with Crippen LogP contribution in [0.2, 0.25) is 0 Å². The summed E-state index contributed by atoms with van der Waals surface area (Å²) < 4.78 is 13.3. The Morgan fingerprint density at radius 2 is 2.27 bits per heavy atom. The lowest BCUT2D eigenvalue weighted by atomic mass is 9.72. The van der Waals surface area contributed by atoms with Crippen LogP contribution >= 0.6 is 0 Å². The van der Waals surface area contributed by atoms with Crippen molar-refractivity contribution in [1.29, 1.82) is 0 Å². The number of alkyl halides is 1. The van der Waals surface area contributed by atoms with Crippen molar-refractivity contribution in [3.63, 3.8) is 0 Å².